The number of nitrogens with one attached hydrogen (secondary N) is 2. The molecule has 0 bridgehead atoms. The third-order valence-corrected chi connectivity index (χ3v) is 6.17. The van der Waals surface area contributed by atoms with E-state index in [-0.39, 0.29) is 22.0 Å². The molecule has 0 spiro atoms. The smallest absolute Gasteiger partial charge is 0.270 e. The fourth-order valence-corrected chi connectivity index (χ4v) is 4.26. The lowest BCUT2D eigenvalue weighted by Crippen LogP contribution is -2.15. The zero-order chi connectivity index (χ0) is 22.6. The number of anilines is 2. The molecular formula is C20H16Cl2N4O4S. The highest BCUT2D eigenvalue weighted by Gasteiger charge is 2.23. The summed E-state index contributed by atoms with van der Waals surface area (Å²) < 4.78 is 28.3. The second-order valence-electron chi connectivity index (χ2n) is 6.34. The first-order valence-electron chi connectivity index (χ1n) is 8.79. The monoisotopic (exact) mass is 478 g/mol. The van der Waals surface area contributed by atoms with Crippen molar-refractivity contribution < 1.29 is 13.3 Å². The van der Waals surface area contributed by atoms with E-state index in [9.17, 15) is 18.5 Å². The van der Waals surface area contributed by atoms with Crippen molar-refractivity contribution in [1.82, 2.24) is 0 Å². The number of hydrogen-bond acceptors (Lipinski definition) is 6. The zero-order valence-electron chi connectivity index (χ0n) is 16.0. The molecule has 0 radical (unpaired) electrons. The van der Waals surface area contributed by atoms with Crippen molar-refractivity contribution in [2.24, 2.45) is 5.10 Å². The summed E-state index contributed by atoms with van der Waals surface area (Å²) in [4.78, 5) is 10.2. The van der Waals surface area contributed by atoms with Gasteiger partial charge in [0.05, 0.1) is 16.3 Å². The third kappa shape index (κ3) is 5.52. The highest BCUT2D eigenvalue weighted by atomic mass is 35.5. The molecule has 0 atom stereocenters. The van der Waals surface area contributed by atoms with Crippen molar-refractivity contribution >= 4 is 56.0 Å². The van der Waals surface area contributed by atoms with Crippen LogP contribution in [0.2, 0.25) is 10.0 Å². The van der Waals surface area contributed by atoms with Gasteiger partial charge in [-0.1, -0.05) is 41.4 Å². The van der Waals surface area contributed by atoms with Crippen LogP contribution in [-0.2, 0) is 10.0 Å². The van der Waals surface area contributed by atoms with Crippen LogP contribution in [0.15, 0.2) is 76.7 Å². The zero-order valence-corrected chi connectivity index (χ0v) is 18.4. The molecule has 0 aliphatic carbocycles. The third-order valence-electron chi connectivity index (χ3n) is 4.17. The van der Waals surface area contributed by atoms with Gasteiger partial charge < -0.3 is 0 Å². The van der Waals surface area contributed by atoms with Gasteiger partial charge in [0.2, 0.25) is 0 Å². The summed E-state index contributed by atoms with van der Waals surface area (Å²) in [6.07, 6.45) is 0. The van der Waals surface area contributed by atoms with Gasteiger partial charge in [-0.15, -0.1) is 0 Å². The summed E-state index contributed by atoms with van der Waals surface area (Å²) in [5, 5.41) is 16.3. The number of non-ortho nitro benzene ring substituents is 1. The first kappa shape index (κ1) is 22.5. The minimum atomic E-state index is -4.19. The number of nitro benzene ring substituents is 1. The molecule has 0 saturated carbocycles. The van der Waals surface area contributed by atoms with Crippen LogP contribution in [0.25, 0.3) is 0 Å². The van der Waals surface area contributed by atoms with Gasteiger partial charge in [0.25, 0.3) is 15.7 Å². The Morgan fingerprint density at radius 3 is 2.35 bits per heavy atom. The van der Waals surface area contributed by atoms with E-state index in [0.717, 1.165) is 6.07 Å². The number of halogens is 2. The van der Waals surface area contributed by atoms with Crippen LogP contribution in [-0.4, -0.2) is 19.1 Å². The molecule has 31 heavy (non-hydrogen) atoms. The van der Waals surface area contributed by atoms with Crippen molar-refractivity contribution in [3.63, 3.8) is 0 Å². The highest BCUT2D eigenvalue weighted by molar-refractivity contribution is 7.92. The molecular weight excluding hydrogens is 463 g/mol. The number of sulfonamides is 1. The van der Waals surface area contributed by atoms with Crippen molar-refractivity contribution in [2.45, 2.75) is 11.8 Å². The molecule has 3 aromatic rings. The van der Waals surface area contributed by atoms with Gasteiger partial charge in [0.15, 0.2) is 0 Å². The largest absolute Gasteiger partial charge is 0.280 e. The lowest BCUT2D eigenvalue weighted by Gasteiger charge is -2.13. The van der Waals surface area contributed by atoms with E-state index in [0.29, 0.717) is 21.3 Å². The standard InChI is InChI=1S/C20H16Cl2N4O4S/c1-13(17-4-2-3-5-18(17)22)23-24-19-11-10-16(26(27)28)12-20(19)31(29,30)25-15-8-6-14(21)7-9-15/h2-12,24-25H,1H3/b23-13+. The summed E-state index contributed by atoms with van der Waals surface area (Å²) in [5.74, 6) is 0. The molecule has 11 heteroatoms. The summed E-state index contributed by atoms with van der Waals surface area (Å²) in [7, 11) is -4.19. The van der Waals surface area contributed by atoms with Gasteiger partial charge in [-0.2, -0.15) is 5.10 Å². The maximum atomic E-state index is 13.0. The van der Waals surface area contributed by atoms with Crippen LogP contribution < -0.4 is 10.1 Å². The number of hydrogen-bond donors (Lipinski definition) is 2. The van der Waals surface area contributed by atoms with Crippen molar-refractivity contribution in [1.29, 1.82) is 0 Å². The van der Waals surface area contributed by atoms with Crippen molar-refractivity contribution in [2.75, 3.05) is 10.1 Å². The summed E-state index contributed by atoms with van der Waals surface area (Å²) >= 11 is 12.0. The van der Waals surface area contributed by atoms with Crippen molar-refractivity contribution in [3.05, 3.63) is 92.5 Å². The number of nitrogens with zero attached hydrogens (tertiary/aromatic N) is 2. The normalized spacial score (nSPS) is 11.8. The predicted octanol–water partition coefficient (Wildman–Crippen LogP) is 5.54. The van der Waals surface area contributed by atoms with Crippen molar-refractivity contribution in [3.8, 4) is 0 Å². The van der Waals surface area contributed by atoms with Gasteiger partial charge in [-0.05, 0) is 43.3 Å². The Morgan fingerprint density at radius 1 is 1.03 bits per heavy atom. The van der Waals surface area contributed by atoms with E-state index >= 15 is 0 Å². The second-order valence-corrected chi connectivity index (χ2v) is 8.83. The lowest BCUT2D eigenvalue weighted by atomic mass is 10.1. The van der Waals surface area contributed by atoms with E-state index in [1.165, 1.54) is 36.4 Å². The average molecular weight is 479 g/mol. The lowest BCUT2D eigenvalue weighted by molar-refractivity contribution is -0.385. The van der Waals surface area contributed by atoms with Gasteiger partial charge >= 0.3 is 0 Å². The topological polar surface area (TPSA) is 114 Å². The SMILES string of the molecule is C/C(=N\Nc1ccc([N+](=O)[O-])cc1S(=O)(=O)Nc1ccc(Cl)cc1)c1ccccc1Cl. The Balaban J connectivity index is 1.99. The Labute approximate surface area is 188 Å². The predicted molar refractivity (Wildman–Crippen MR) is 123 cm³/mol. The van der Waals surface area contributed by atoms with E-state index in [1.807, 2.05) is 0 Å². The van der Waals surface area contributed by atoms with Crippen LogP contribution in [0.3, 0.4) is 0 Å². The first-order chi connectivity index (χ1) is 14.7. The molecule has 0 unspecified atom stereocenters. The second kappa shape index (κ2) is 9.34. The van der Waals surface area contributed by atoms with Crippen LogP contribution in [0.1, 0.15) is 12.5 Å². The molecule has 0 aromatic heterocycles. The van der Waals surface area contributed by atoms with E-state index in [2.05, 4.69) is 15.2 Å². The van der Waals surface area contributed by atoms with E-state index in [1.54, 1.807) is 31.2 Å². The Hall–Kier alpha value is -3.14. The maximum Gasteiger partial charge on any atom is 0.270 e. The van der Waals surface area contributed by atoms with Crippen LogP contribution in [0.4, 0.5) is 17.1 Å². The molecule has 2 N–H and O–H groups in total. The molecule has 3 aromatic carbocycles. The molecule has 0 fully saturated rings. The average Bonchev–Trinajstić information content (AvgIpc) is 2.73. The molecule has 3 rings (SSSR count). The quantitative estimate of drug-likeness (QED) is 0.263. The van der Waals surface area contributed by atoms with Gasteiger partial charge in [0.1, 0.15) is 4.90 Å². The van der Waals surface area contributed by atoms with Gasteiger partial charge in [-0.25, -0.2) is 8.42 Å². The van der Waals surface area contributed by atoms with Gasteiger partial charge in [0, 0.05) is 33.4 Å². The molecule has 8 nitrogen and oxygen atoms in total. The first-order valence-corrected chi connectivity index (χ1v) is 11.0. The number of nitro groups is 1. The molecule has 0 saturated heterocycles. The molecule has 0 heterocycles. The summed E-state index contributed by atoms with van der Waals surface area (Å²) in [6, 6.07) is 16.4. The number of rotatable bonds is 7. The fourth-order valence-electron chi connectivity index (χ4n) is 2.63. The molecule has 0 aliphatic rings. The summed E-state index contributed by atoms with van der Waals surface area (Å²) in [5.41, 5.74) is 3.75. The number of benzene rings is 3. The molecule has 0 amide bonds. The maximum absolute atomic E-state index is 13.0. The van der Waals surface area contributed by atoms with Crippen LogP contribution in [0, 0.1) is 10.1 Å². The minimum absolute atomic E-state index is 0.0541. The van der Waals surface area contributed by atoms with Gasteiger partial charge in [-0.3, -0.25) is 20.3 Å². The summed E-state index contributed by atoms with van der Waals surface area (Å²) in [6.45, 7) is 1.69. The van der Waals surface area contributed by atoms with E-state index in [4.69, 9.17) is 23.2 Å². The van der Waals surface area contributed by atoms with E-state index < -0.39 is 14.9 Å². The minimum Gasteiger partial charge on any atom is -0.280 e. The number of hydrazone groups is 1. The fraction of sp³-hybridized carbons (Fsp3) is 0.0500. The Bertz CT molecular complexity index is 1260. The van der Waals surface area contributed by atoms with Crippen LogP contribution >= 0.6 is 23.2 Å². The Morgan fingerprint density at radius 2 is 1.71 bits per heavy atom. The molecule has 0 aliphatic heterocycles. The molecule has 160 valence electrons. The van der Waals surface area contributed by atoms with Crippen LogP contribution in [0.5, 0.6) is 0 Å². The highest BCUT2D eigenvalue weighted by Crippen LogP contribution is 2.29. The Kier molecular flexibility index (Phi) is 6.79.